The van der Waals surface area contributed by atoms with Crippen molar-refractivity contribution in [2.45, 2.75) is 6.61 Å². The largest absolute Gasteiger partial charge is 0.435 e. The Balaban J connectivity index is 2.13. The number of rotatable bonds is 4. The number of aromatic nitrogens is 1. The van der Waals surface area contributed by atoms with Gasteiger partial charge in [-0.05, 0) is 30.3 Å². The second-order valence-corrected chi connectivity index (χ2v) is 4.64. The van der Waals surface area contributed by atoms with Gasteiger partial charge in [0, 0.05) is 16.2 Å². The fourth-order valence-electron chi connectivity index (χ4n) is 1.48. The summed E-state index contributed by atoms with van der Waals surface area (Å²) in [6, 6.07) is 8.87. The van der Waals surface area contributed by atoms with Crippen LogP contribution in [0, 0.1) is 0 Å². The molecule has 0 atom stereocenters. The molecule has 4 nitrogen and oxygen atoms in total. The van der Waals surface area contributed by atoms with Crippen LogP contribution in [0.1, 0.15) is 10.4 Å². The van der Waals surface area contributed by atoms with E-state index in [9.17, 15) is 13.6 Å². The second kappa shape index (κ2) is 6.42. The lowest BCUT2D eigenvalue weighted by atomic mass is 10.2. The van der Waals surface area contributed by atoms with Gasteiger partial charge in [0.1, 0.15) is 11.6 Å². The minimum atomic E-state index is -2.93. The number of hydrogen-bond donors (Lipinski definition) is 1. The van der Waals surface area contributed by atoms with E-state index in [1.54, 1.807) is 12.1 Å². The quantitative estimate of drug-likeness (QED) is 0.921. The first-order valence-electron chi connectivity index (χ1n) is 5.52. The van der Waals surface area contributed by atoms with Gasteiger partial charge in [0.25, 0.3) is 5.91 Å². The van der Waals surface area contributed by atoms with E-state index in [-0.39, 0.29) is 11.3 Å². The molecule has 1 aromatic carbocycles. The molecule has 104 valence electrons. The van der Waals surface area contributed by atoms with Gasteiger partial charge in [0.15, 0.2) is 0 Å². The molecule has 0 fully saturated rings. The Morgan fingerprint density at radius 2 is 2.10 bits per heavy atom. The van der Waals surface area contributed by atoms with Crippen LogP contribution >= 0.6 is 15.9 Å². The molecule has 0 saturated carbocycles. The fourth-order valence-corrected chi connectivity index (χ4v) is 1.81. The van der Waals surface area contributed by atoms with Crippen LogP contribution in [0.3, 0.4) is 0 Å². The number of pyridine rings is 1. The van der Waals surface area contributed by atoms with E-state index in [1.807, 2.05) is 0 Å². The van der Waals surface area contributed by atoms with Crippen molar-refractivity contribution in [3.05, 3.63) is 52.6 Å². The second-order valence-electron chi connectivity index (χ2n) is 3.72. The summed E-state index contributed by atoms with van der Waals surface area (Å²) in [4.78, 5) is 15.9. The highest BCUT2D eigenvalue weighted by Crippen LogP contribution is 2.18. The zero-order valence-corrected chi connectivity index (χ0v) is 11.6. The minimum absolute atomic E-state index is 0.0742. The van der Waals surface area contributed by atoms with Gasteiger partial charge in [-0.3, -0.25) is 4.79 Å². The van der Waals surface area contributed by atoms with Gasteiger partial charge in [-0.1, -0.05) is 22.0 Å². The Morgan fingerprint density at radius 3 is 2.80 bits per heavy atom. The number of carbonyl (C=O) groups excluding carboxylic acids is 1. The van der Waals surface area contributed by atoms with Crippen molar-refractivity contribution < 1.29 is 18.3 Å². The highest BCUT2D eigenvalue weighted by atomic mass is 79.9. The zero-order valence-electron chi connectivity index (χ0n) is 10.0. The predicted molar refractivity (Wildman–Crippen MR) is 73.0 cm³/mol. The van der Waals surface area contributed by atoms with Crippen molar-refractivity contribution in [2.24, 2.45) is 0 Å². The van der Waals surface area contributed by atoms with E-state index in [1.165, 1.54) is 30.5 Å². The fraction of sp³-hybridized carbons (Fsp3) is 0.0769. The summed E-state index contributed by atoms with van der Waals surface area (Å²) in [5.41, 5.74) is 0.199. The molecule has 7 heteroatoms. The van der Waals surface area contributed by atoms with Gasteiger partial charge in [0.2, 0.25) is 0 Å². The molecule has 0 aliphatic rings. The Morgan fingerprint density at radius 1 is 1.30 bits per heavy atom. The van der Waals surface area contributed by atoms with Gasteiger partial charge in [-0.2, -0.15) is 8.78 Å². The van der Waals surface area contributed by atoms with Gasteiger partial charge in [-0.25, -0.2) is 4.98 Å². The number of halogens is 3. The summed E-state index contributed by atoms with van der Waals surface area (Å²) >= 11 is 3.25. The minimum Gasteiger partial charge on any atom is -0.435 e. The summed E-state index contributed by atoms with van der Waals surface area (Å²) in [6.07, 6.45) is 1.52. The van der Waals surface area contributed by atoms with Crippen LogP contribution < -0.4 is 10.1 Å². The number of hydrogen-bond acceptors (Lipinski definition) is 3. The molecule has 0 radical (unpaired) electrons. The lowest BCUT2D eigenvalue weighted by Crippen LogP contribution is -2.13. The molecule has 0 spiro atoms. The van der Waals surface area contributed by atoms with E-state index < -0.39 is 12.5 Å². The Hall–Kier alpha value is -2.02. The van der Waals surface area contributed by atoms with E-state index in [4.69, 9.17) is 0 Å². The Bertz CT molecular complexity index is 623. The van der Waals surface area contributed by atoms with E-state index in [0.29, 0.717) is 5.82 Å². The maximum atomic E-state index is 12.1. The van der Waals surface area contributed by atoms with Crippen molar-refractivity contribution in [2.75, 3.05) is 5.32 Å². The number of carbonyl (C=O) groups is 1. The molecule has 1 aromatic heterocycles. The topological polar surface area (TPSA) is 51.2 Å². The molecule has 0 aliphatic carbocycles. The van der Waals surface area contributed by atoms with Crippen LogP contribution in [-0.4, -0.2) is 17.5 Å². The SMILES string of the molecule is O=C(Nc1cc(Br)ccn1)c1cccc(OC(F)F)c1. The maximum Gasteiger partial charge on any atom is 0.387 e. The van der Waals surface area contributed by atoms with Gasteiger partial charge in [0.05, 0.1) is 0 Å². The van der Waals surface area contributed by atoms with Gasteiger partial charge >= 0.3 is 6.61 Å². The molecule has 2 rings (SSSR count). The van der Waals surface area contributed by atoms with Crippen LogP contribution in [-0.2, 0) is 0 Å². The molecule has 0 aliphatic heterocycles. The molecular weight excluding hydrogens is 334 g/mol. The van der Waals surface area contributed by atoms with Crippen molar-refractivity contribution >= 4 is 27.7 Å². The third kappa shape index (κ3) is 3.99. The van der Waals surface area contributed by atoms with Crippen molar-refractivity contribution in [3.8, 4) is 5.75 Å². The summed E-state index contributed by atoms with van der Waals surface area (Å²) in [6.45, 7) is -2.93. The van der Waals surface area contributed by atoms with Crippen LogP contribution in [0.5, 0.6) is 5.75 Å². The standard InChI is InChI=1S/C13H9BrF2N2O2/c14-9-4-5-17-11(7-9)18-12(19)8-2-1-3-10(6-8)20-13(15)16/h1-7,13H,(H,17,18,19). The first kappa shape index (κ1) is 14.4. The van der Waals surface area contributed by atoms with Crippen molar-refractivity contribution in [1.29, 1.82) is 0 Å². The molecule has 0 saturated heterocycles. The van der Waals surface area contributed by atoms with Crippen molar-refractivity contribution in [3.63, 3.8) is 0 Å². The molecule has 1 N–H and O–H groups in total. The molecule has 1 amide bonds. The molecule has 2 aromatic rings. The predicted octanol–water partition coefficient (Wildman–Crippen LogP) is 3.70. The monoisotopic (exact) mass is 342 g/mol. The molecule has 0 bridgehead atoms. The number of amides is 1. The van der Waals surface area contributed by atoms with Gasteiger partial charge < -0.3 is 10.1 Å². The number of alkyl halides is 2. The van der Waals surface area contributed by atoms with Crippen molar-refractivity contribution in [1.82, 2.24) is 4.98 Å². The van der Waals surface area contributed by atoms with E-state index >= 15 is 0 Å². The average molecular weight is 343 g/mol. The number of nitrogens with one attached hydrogen (secondary N) is 1. The smallest absolute Gasteiger partial charge is 0.387 e. The lowest BCUT2D eigenvalue weighted by Gasteiger charge is -2.07. The molecule has 0 unspecified atom stereocenters. The van der Waals surface area contributed by atoms with Gasteiger partial charge in [-0.15, -0.1) is 0 Å². The molecule has 1 heterocycles. The Labute approximate surface area is 121 Å². The summed E-state index contributed by atoms with van der Waals surface area (Å²) in [5.74, 6) is -0.185. The van der Waals surface area contributed by atoms with Crippen LogP contribution in [0.4, 0.5) is 14.6 Å². The number of benzene rings is 1. The number of nitrogens with zero attached hydrogens (tertiary/aromatic N) is 1. The highest BCUT2D eigenvalue weighted by molar-refractivity contribution is 9.10. The summed E-state index contributed by atoms with van der Waals surface area (Å²) in [5, 5.41) is 2.56. The third-order valence-corrected chi connectivity index (χ3v) is 2.78. The summed E-state index contributed by atoms with van der Waals surface area (Å²) in [7, 11) is 0. The number of ether oxygens (including phenoxy) is 1. The zero-order chi connectivity index (χ0) is 14.5. The molecule has 20 heavy (non-hydrogen) atoms. The lowest BCUT2D eigenvalue weighted by molar-refractivity contribution is -0.0498. The van der Waals surface area contributed by atoms with E-state index in [0.717, 1.165) is 4.47 Å². The highest BCUT2D eigenvalue weighted by Gasteiger charge is 2.10. The normalized spacial score (nSPS) is 10.4. The van der Waals surface area contributed by atoms with Crippen LogP contribution in [0.25, 0.3) is 0 Å². The van der Waals surface area contributed by atoms with Crippen LogP contribution in [0.2, 0.25) is 0 Å². The number of anilines is 1. The van der Waals surface area contributed by atoms with Crippen LogP contribution in [0.15, 0.2) is 47.1 Å². The Kier molecular flexibility index (Phi) is 4.62. The maximum absolute atomic E-state index is 12.1. The first-order chi connectivity index (χ1) is 9.54. The van der Waals surface area contributed by atoms with E-state index in [2.05, 4.69) is 31.0 Å². The average Bonchev–Trinajstić information content (AvgIpc) is 2.38. The summed E-state index contributed by atoms with van der Waals surface area (Å²) < 4.78 is 29.2. The molecular formula is C13H9BrF2N2O2. The third-order valence-electron chi connectivity index (χ3n) is 2.28. The first-order valence-corrected chi connectivity index (χ1v) is 6.31.